The number of hydrogen-bond acceptors (Lipinski definition) is 4. The number of ether oxygens (including phenoxy) is 1. The monoisotopic (exact) mass is 274 g/mol. The number of carbonyl (C=O) groups is 2. The number of carboxylic acids is 1. The topological polar surface area (TPSA) is 105 Å². The minimum atomic E-state index is -1.12. The van der Waals surface area contributed by atoms with Crippen LogP contribution >= 0.6 is 0 Å². The van der Waals surface area contributed by atoms with Crippen molar-refractivity contribution in [2.45, 2.75) is 6.92 Å². The van der Waals surface area contributed by atoms with Crippen LogP contribution in [0.2, 0.25) is 0 Å². The second-order valence-corrected chi connectivity index (χ2v) is 4.09. The Balaban J connectivity index is 2.42. The van der Waals surface area contributed by atoms with Crippen LogP contribution < -0.4 is 10.5 Å². The lowest BCUT2D eigenvalue weighted by Crippen LogP contribution is -2.07. The van der Waals surface area contributed by atoms with E-state index < -0.39 is 5.97 Å². The van der Waals surface area contributed by atoms with Crippen molar-refractivity contribution in [3.05, 3.63) is 47.3 Å². The Bertz CT molecular complexity index is 661. The van der Waals surface area contributed by atoms with Crippen LogP contribution in [0, 0.1) is 0 Å². The zero-order valence-electron chi connectivity index (χ0n) is 10.8. The first-order valence-corrected chi connectivity index (χ1v) is 6.02. The molecule has 1 aromatic heterocycles. The van der Waals surface area contributed by atoms with Crippen molar-refractivity contribution < 1.29 is 19.4 Å². The van der Waals surface area contributed by atoms with E-state index in [0.29, 0.717) is 23.6 Å². The molecule has 6 heteroatoms. The Morgan fingerprint density at radius 2 is 2.15 bits per heavy atom. The molecule has 0 atom stereocenters. The summed E-state index contributed by atoms with van der Waals surface area (Å²) in [5.41, 5.74) is 6.67. The highest BCUT2D eigenvalue weighted by atomic mass is 16.5. The van der Waals surface area contributed by atoms with Crippen molar-refractivity contribution in [3.63, 3.8) is 0 Å². The standard InChI is InChI=1S/C14H14N2O4/c1-2-20-13-9(4-3-5-10(13)15)12(17)8-6-11(14(18)19)16-7-8/h3-7,16H,2,15H2,1H3,(H,18,19). The van der Waals surface area contributed by atoms with Gasteiger partial charge in [0.15, 0.2) is 11.5 Å². The van der Waals surface area contributed by atoms with Gasteiger partial charge in [-0.15, -0.1) is 0 Å². The number of ketones is 1. The number of benzene rings is 1. The number of carboxylic acid groups (broad SMARTS) is 1. The highest BCUT2D eigenvalue weighted by Gasteiger charge is 2.19. The van der Waals surface area contributed by atoms with E-state index in [-0.39, 0.29) is 17.0 Å². The Kier molecular flexibility index (Phi) is 3.74. The van der Waals surface area contributed by atoms with Gasteiger partial charge in [0.2, 0.25) is 0 Å². The molecule has 20 heavy (non-hydrogen) atoms. The first-order chi connectivity index (χ1) is 9.54. The van der Waals surface area contributed by atoms with E-state index in [1.807, 2.05) is 0 Å². The number of nitrogens with one attached hydrogen (secondary N) is 1. The molecule has 2 aromatic rings. The van der Waals surface area contributed by atoms with E-state index in [0.717, 1.165) is 0 Å². The summed E-state index contributed by atoms with van der Waals surface area (Å²) in [7, 11) is 0. The summed E-state index contributed by atoms with van der Waals surface area (Å²) in [6.07, 6.45) is 1.35. The predicted octanol–water partition coefficient (Wildman–Crippen LogP) is 1.92. The fourth-order valence-electron chi connectivity index (χ4n) is 1.84. The summed E-state index contributed by atoms with van der Waals surface area (Å²) >= 11 is 0. The maximum absolute atomic E-state index is 12.4. The molecule has 0 unspecified atom stereocenters. The zero-order valence-corrected chi connectivity index (χ0v) is 10.8. The second-order valence-electron chi connectivity index (χ2n) is 4.09. The van der Waals surface area contributed by atoms with E-state index in [9.17, 15) is 9.59 Å². The maximum Gasteiger partial charge on any atom is 0.352 e. The molecule has 0 saturated heterocycles. The van der Waals surface area contributed by atoms with Crippen molar-refractivity contribution >= 4 is 17.4 Å². The highest BCUT2D eigenvalue weighted by molar-refractivity contribution is 6.12. The molecule has 4 N–H and O–H groups in total. The van der Waals surface area contributed by atoms with Crippen LogP contribution in [-0.2, 0) is 0 Å². The molecule has 0 radical (unpaired) electrons. The van der Waals surface area contributed by atoms with Gasteiger partial charge in [-0.3, -0.25) is 4.79 Å². The van der Waals surface area contributed by atoms with E-state index in [2.05, 4.69) is 4.98 Å². The quantitative estimate of drug-likeness (QED) is 0.570. The molecule has 0 bridgehead atoms. The van der Waals surface area contributed by atoms with Gasteiger partial charge in [0.05, 0.1) is 17.9 Å². The largest absolute Gasteiger partial charge is 0.491 e. The number of hydrogen-bond donors (Lipinski definition) is 3. The Morgan fingerprint density at radius 1 is 1.40 bits per heavy atom. The van der Waals surface area contributed by atoms with Crippen LogP contribution in [0.4, 0.5) is 5.69 Å². The van der Waals surface area contributed by atoms with Crippen LogP contribution in [-0.4, -0.2) is 28.4 Å². The summed E-state index contributed by atoms with van der Waals surface area (Å²) in [5, 5.41) is 8.85. The number of aromatic amines is 1. The second kappa shape index (κ2) is 5.48. The van der Waals surface area contributed by atoms with Gasteiger partial charge in [-0.25, -0.2) is 4.79 Å². The molecule has 1 heterocycles. The Hall–Kier alpha value is -2.76. The number of nitrogen functional groups attached to an aromatic ring is 1. The lowest BCUT2D eigenvalue weighted by atomic mass is 10.0. The molecule has 0 fully saturated rings. The Labute approximate surface area is 115 Å². The van der Waals surface area contributed by atoms with Crippen LogP contribution in [0.15, 0.2) is 30.5 Å². The highest BCUT2D eigenvalue weighted by Crippen LogP contribution is 2.28. The molecule has 0 aliphatic heterocycles. The number of para-hydroxylation sites is 1. The van der Waals surface area contributed by atoms with Gasteiger partial charge in [0.25, 0.3) is 0 Å². The minimum Gasteiger partial charge on any atom is -0.491 e. The van der Waals surface area contributed by atoms with Crippen LogP contribution in [0.5, 0.6) is 5.75 Å². The van der Waals surface area contributed by atoms with Crippen molar-refractivity contribution in [1.29, 1.82) is 0 Å². The van der Waals surface area contributed by atoms with Crippen molar-refractivity contribution in [2.75, 3.05) is 12.3 Å². The van der Waals surface area contributed by atoms with Gasteiger partial charge in [0.1, 0.15) is 5.69 Å². The number of aromatic carboxylic acids is 1. The molecule has 0 aliphatic carbocycles. The smallest absolute Gasteiger partial charge is 0.352 e. The van der Waals surface area contributed by atoms with Crippen LogP contribution in [0.1, 0.15) is 33.3 Å². The lowest BCUT2D eigenvalue weighted by Gasteiger charge is -2.11. The van der Waals surface area contributed by atoms with Crippen LogP contribution in [0.25, 0.3) is 0 Å². The number of rotatable bonds is 5. The predicted molar refractivity (Wildman–Crippen MR) is 73.2 cm³/mol. The number of H-pyrrole nitrogens is 1. The summed E-state index contributed by atoms with van der Waals surface area (Å²) in [6.45, 7) is 2.17. The van der Waals surface area contributed by atoms with Gasteiger partial charge in [0, 0.05) is 11.8 Å². The molecular weight excluding hydrogens is 260 g/mol. The van der Waals surface area contributed by atoms with Gasteiger partial charge in [-0.2, -0.15) is 0 Å². The third-order valence-electron chi connectivity index (χ3n) is 2.75. The van der Waals surface area contributed by atoms with Gasteiger partial charge in [-0.05, 0) is 25.1 Å². The van der Waals surface area contributed by atoms with Gasteiger partial charge in [-0.1, -0.05) is 6.07 Å². The van der Waals surface area contributed by atoms with Gasteiger partial charge >= 0.3 is 5.97 Å². The van der Waals surface area contributed by atoms with Crippen molar-refractivity contribution in [2.24, 2.45) is 0 Å². The average molecular weight is 274 g/mol. The molecule has 0 spiro atoms. The third-order valence-corrected chi connectivity index (χ3v) is 2.75. The summed E-state index contributed by atoms with van der Waals surface area (Å²) in [4.78, 5) is 25.7. The van der Waals surface area contributed by atoms with Crippen LogP contribution in [0.3, 0.4) is 0 Å². The fourth-order valence-corrected chi connectivity index (χ4v) is 1.84. The molecule has 2 rings (SSSR count). The molecule has 104 valence electrons. The number of anilines is 1. The lowest BCUT2D eigenvalue weighted by molar-refractivity contribution is 0.0691. The minimum absolute atomic E-state index is 0.0461. The van der Waals surface area contributed by atoms with E-state index in [1.165, 1.54) is 12.3 Å². The number of carbonyl (C=O) groups excluding carboxylic acids is 1. The molecular formula is C14H14N2O4. The van der Waals surface area contributed by atoms with E-state index >= 15 is 0 Å². The number of aromatic nitrogens is 1. The molecule has 0 aliphatic rings. The fraction of sp³-hybridized carbons (Fsp3) is 0.143. The van der Waals surface area contributed by atoms with E-state index in [1.54, 1.807) is 25.1 Å². The molecule has 0 saturated carbocycles. The molecule has 0 amide bonds. The first kappa shape index (κ1) is 13.7. The Morgan fingerprint density at radius 3 is 2.75 bits per heavy atom. The summed E-state index contributed by atoms with van der Waals surface area (Å²) < 4.78 is 5.39. The van der Waals surface area contributed by atoms with Crippen molar-refractivity contribution in [1.82, 2.24) is 4.98 Å². The molecule has 1 aromatic carbocycles. The molecule has 6 nitrogen and oxygen atoms in total. The SMILES string of the molecule is CCOc1c(N)cccc1C(=O)c1c[nH]c(C(=O)O)c1. The summed E-state index contributed by atoms with van der Waals surface area (Å²) in [5.74, 6) is -1.15. The van der Waals surface area contributed by atoms with Gasteiger partial charge < -0.3 is 20.6 Å². The normalized spacial score (nSPS) is 10.2. The first-order valence-electron chi connectivity index (χ1n) is 6.02. The van der Waals surface area contributed by atoms with Crippen molar-refractivity contribution in [3.8, 4) is 5.75 Å². The maximum atomic E-state index is 12.4. The third kappa shape index (κ3) is 2.49. The number of nitrogens with two attached hydrogens (primary N) is 1. The van der Waals surface area contributed by atoms with E-state index in [4.69, 9.17) is 15.6 Å². The summed E-state index contributed by atoms with van der Waals surface area (Å²) in [6, 6.07) is 6.16. The zero-order chi connectivity index (χ0) is 14.7. The average Bonchev–Trinajstić information content (AvgIpc) is 2.90.